The molecule has 0 saturated carbocycles. The van der Waals surface area contributed by atoms with E-state index in [1.165, 1.54) is 18.3 Å². The zero-order valence-corrected chi connectivity index (χ0v) is 16.3. The second-order valence-electron chi connectivity index (χ2n) is 6.76. The Hall–Kier alpha value is -3.84. The number of nitrogens with one attached hydrogen (secondary N) is 1. The van der Waals surface area contributed by atoms with E-state index in [1.54, 1.807) is 12.1 Å². The molecule has 152 valence electrons. The number of amides is 1. The summed E-state index contributed by atoms with van der Waals surface area (Å²) in [7, 11) is 0. The van der Waals surface area contributed by atoms with Crippen LogP contribution in [0.4, 0.5) is 5.69 Å². The van der Waals surface area contributed by atoms with Gasteiger partial charge in [-0.15, -0.1) is 0 Å². The minimum Gasteiger partial charge on any atom is -0.286 e. The van der Waals surface area contributed by atoms with Crippen LogP contribution in [-0.2, 0) is 17.9 Å². The predicted molar refractivity (Wildman–Crippen MR) is 116 cm³/mol. The van der Waals surface area contributed by atoms with E-state index in [-0.39, 0.29) is 18.1 Å². The Morgan fingerprint density at radius 2 is 1.53 bits per heavy atom. The molecule has 1 N–H and O–H groups in total. The molecule has 0 spiro atoms. The lowest BCUT2D eigenvalue weighted by atomic mass is 10.1. The fourth-order valence-corrected chi connectivity index (χ4v) is 2.99. The van der Waals surface area contributed by atoms with Gasteiger partial charge in [-0.2, -0.15) is 5.10 Å². The van der Waals surface area contributed by atoms with E-state index in [1.807, 2.05) is 65.6 Å². The lowest BCUT2D eigenvalue weighted by Crippen LogP contribution is -2.34. The van der Waals surface area contributed by atoms with Gasteiger partial charge in [-0.25, -0.2) is 5.43 Å². The molecule has 0 aliphatic rings. The molecular weight excluding hydrogens is 380 g/mol. The van der Waals surface area contributed by atoms with Crippen LogP contribution in [0.15, 0.2) is 90.0 Å². The minimum absolute atomic E-state index is 0.0258. The highest BCUT2D eigenvalue weighted by atomic mass is 16.6. The molecule has 0 radical (unpaired) electrons. The largest absolute Gasteiger partial charge is 0.286 e. The SMILES string of the molecule is O=C(CN(Cc1ccccc1)Cc1ccccc1)N/N=C\c1cccc([N+](=O)[O-])c1. The van der Waals surface area contributed by atoms with Crippen molar-refractivity contribution >= 4 is 17.8 Å². The number of nitrogens with zero attached hydrogens (tertiary/aromatic N) is 3. The molecule has 3 aromatic rings. The first-order valence-electron chi connectivity index (χ1n) is 9.47. The van der Waals surface area contributed by atoms with Crippen molar-refractivity contribution in [2.24, 2.45) is 5.10 Å². The molecule has 0 unspecified atom stereocenters. The Balaban J connectivity index is 1.62. The van der Waals surface area contributed by atoms with E-state index in [0.717, 1.165) is 11.1 Å². The highest BCUT2D eigenvalue weighted by Crippen LogP contribution is 2.12. The van der Waals surface area contributed by atoms with Crippen molar-refractivity contribution < 1.29 is 9.72 Å². The summed E-state index contributed by atoms with van der Waals surface area (Å²) in [5.74, 6) is -0.261. The van der Waals surface area contributed by atoms with Crippen LogP contribution in [0.25, 0.3) is 0 Å². The number of nitro groups is 1. The summed E-state index contributed by atoms with van der Waals surface area (Å²) in [5, 5.41) is 14.8. The molecule has 0 fully saturated rings. The van der Waals surface area contributed by atoms with E-state index in [4.69, 9.17) is 0 Å². The Morgan fingerprint density at radius 1 is 0.933 bits per heavy atom. The van der Waals surface area contributed by atoms with Gasteiger partial charge in [0.1, 0.15) is 0 Å². The Labute approximate surface area is 174 Å². The van der Waals surface area contributed by atoms with Gasteiger partial charge in [0.15, 0.2) is 0 Å². The van der Waals surface area contributed by atoms with Gasteiger partial charge in [-0.3, -0.25) is 19.8 Å². The number of hydrogen-bond acceptors (Lipinski definition) is 5. The van der Waals surface area contributed by atoms with Gasteiger partial charge in [0.25, 0.3) is 11.6 Å². The Morgan fingerprint density at radius 3 is 2.10 bits per heavy atom. The van der Waals surface area contributed by atoms with Crippen LogP contribution < -0.4 is 5.43 Å². The first kappa shape index (κ1) is 20.9. The third kappa shape index (κ3) is 6.65. The third-order valence-corrected chi connectivity index (χ3v) is 4.35. The molecule has 3 rings (SSSR count). The molecule has 0 aliphatic carbocycles. The number of nitro benzene ring substituents is 1. The normalized spacial score (nSPS) is 11.0. The van der Waals surface area contributed by atoms with Crippen molar-refractivity contribution in [2.45, 2.75) is 13.1 Å². The summed E-state index contributed by atoms with van der Waals surface area (Å²) in [6.45, 7) is 1.41. The molecule has 0 aromatic heterocycles. The molecule has 7 heteroatoms. The number of rotatable bonds is 9. The monoisotopic (exact) mass is 402 g/mol. The standard InChI is InChI=1S/C23H22N4O3/c28-23(25-24-15-21-12-7-13-22(14-21)27(29)30)18-26(16-19-8-3-1-4-9-19)17-20-10-5-2-6-11-20/h1-15H,16-18H2,(H,25,28)/b24-15-. The van der Waals surface area contributed by atoms with E-state index in [9.17, 15) is 14.9 Å². The molecular formula is C23H22N4O3. The average molecular weight is 402 g/mol. The number of carbonyl (C=O) groups is 1. The molecule has 0 aliphatic heterocycles. The number of carbonyl (C=O) groups excluding carboxylic acids is 1. The Bertz CT molecular complexity index is 966. The molecule has 7 nitrogen and oxygen atoms in total. The van der Waals surface area contributed by atoms with Crippen molar-refractivity contribution in [2.75, 3.05) is 6.54 Å². The van der Waals surface area contributed by atoms with E-state index < -0.39 is 4.92 Å². The van der Waals surface area contributed by atoms with Crippen LogP contribution in [0, 0.1) is 10.1 Å². The molecule has 0 saturated heterocycles. The second kappa shape index (κ2) is 10.6. The first-order valence-corrected chi connectivity index (χ1v) is 9.47. The fraction of sp³-hybridized carbons (Fsp3) is 0.130. The molecule has 0 heterocycles. The van der Waals surface area contributed by atoms with Gasteiger partial charge < -0.3 is 0 Å². The highest BCUT2D eigenvalue weighted by Gasteiger charge is 2.12. The summed E-state index contributed by atoms with van der Waals surface area (Å²) < 4.78 is 0. The summed E-state index contributed by atoms with van der Waals surface area (Å²) in [6, 6.07) is 26.0. The number of hydrogen-bond donors (Lipinski definition) is 1. The van der Waals surface area contributed by atoms with Crippen molar-refractivity contribution in [1.29, 1.82) is 0 Å². The fourth-order valence-electron chi connectivity index (χ4n) is 2.99. The minimum atomic E-state index is -0.471. The van der Waals surface area contributed by atoms with E-state index >= 15 is 0 Å². The summed E-state index contributed by atoms with van der Waals surface area (Å²) in [4.78, 5) is 24.8. The van der Waals surface area contributed by atoms with Gasteiger partial charge in [0, 0.05) is 30.8 Å². The van der Waals surface area contributed by atoms with Gasteiger partial charge in [-0.1, -0.05) is 72.8 Å². The number of hydrazone groups is 1. The van der Waals surface area contributed by atoms with Crippen LogP contribution in [0.1, 0.15) is 16.7 Å². The molecule has 30 heavy (non-hydrogen) atoms. The van der Waals surface area contributed by atoms with Crippen LogP contribution >= 0.6 is 0 Å². The molecule has 1 amide bonds. The summed E-state index contributed by atoms with van der Waals surface area (Å²) in [6.07, 6.45) is 1.39. The van der Waals surface area contributed by atoms with Gasteiger partial charge in [0.2, 0.25) is 0 Å². The number of non-ortho nitro benzene ring substituents is 1. The zero-order chi connectivity index (χ0) is 21.2. The smallest absolute Gasteiger partial charge is 0.270 e. The van der Waals surface area contributed by atoms with Crippen molar-refractivity contribution in [3.8, 4) is 0 Å². The average Bonchev–Trinajstić information content (AvgIpc) is 2.75. The van der Waals surface area contributed by atoms with Crippen molar-refractivity contribution in [1.82, 2.24) is 10.3 Å². The van der Waals surface area contributed by atoms with E-state index in [2.05, 4.69) is 10.5 Å². The Kier molecular flexibility index (Phi) is 7.40. The van der Waals surface area contributed by atoms with E-state index in [0.29, 0.717) is 18.7 Å². The van der Waals surface area contributed by atoms with Crippen molar-refractivity contribution in [3.05, 3.63) is 112 Å². The van der Waals surface area contributed by atoms with Gasteiger partial charge in [0.05, 0.1) is 17.7 Å². The molecule has 0 atom stereocenters. The summed E-state index contributed by atoms with van der Waals surface area (Å²) >= 11 is 0. The lowest BCUT2D eigenvalue weighted by molar-refractivity contribution is -0.384. The molecule has 0 bridgehead atoms. The highest BCUT2D eigenvalue weighted by molar-refractivity contribution is 5.83. The summed E-state index contributed by atoms with van der Waals surface area (Å²) in [5.41, 5.74) is 5.24. The van der Waals surface area contributed by atoms with Gasteiger partial charge in [-0.05, 0) is 11.1 Å². The lowest BCUT2D eigenvalue weighted by Gasteiger charge is -2.21. The maximum Gasteiger partial charge on any atom is 0.270 e. The predicted octanol–water partition coefficient (Wildman–Crippen LogP) is 3.75. The maximum atomic E-state index is 12.4. The quantitative estimate of drug-likeness (QED) is 0.335. The zero-order valence-electron chi connectivity index (χ0n) is 16.3. The van der Waals surface area contributed by atoms with Crippen LogP contribution in [-0.4, -0.2) is 28.5 Å². The van der Waals surface area contributed by atoms with Crippen LogP contribution in [0.2, 0.25) is 0 Å². The first-order chi connectivity index (χ1) is 14.6. The topological polar surface area (TPSA) is 87.8 Å². The van der Waals surface area contributed by atoms with Gasteiger partial charge >= 0.3 is 0 Å². The maximum absolute atomic E-state index is 12.4. The van der Waals surface area contributed by atoms with Crippen LogP contribution in [0.3, 0.4) is 0 Å². The second-order valence-corrected chi connectivity index (χ2v) is 6.76. The van der Waals surface area contributed by atoms with Crippen LogP contribution in [0.5, 0.6) is 0 Å². The third-order valence-electron chi connectivity index (χ3n) is 4.35. The van der Waals surface area contributed by atoms with Crippen molar-refractivity contribution in [3.63, 3.8) is 0 Å². The molecule has 3 aromatic carbocycles. The number of benzene rings is 3.